The first-order valence-corrected chi connectivity index (χ1v) is 6.77. The molecule has 2 atom stereocenters. The molecule has 2 rings (SSSR count). The van der Waals surface area contributed by atoms with Crippen LogP contribution in [0.3, 0.4) is 0 Å². The Balaban J connectivity index is 1.96. The number of hydrogen-bond acceptors (Lipinski definition) is 2. The standard InChI is InChI=1S/C15H24O2/c1-5-14(16)17-15(3,4)13-8-11-6-10(2)7-12(11)9-13/h5,10-13H,1,6-9H2,2-4H3. The fourth-order valence-corrected chi connectivity index (χ4v) is 3.87. The zero-order chi connectivity index (χ0) is 12.6. The van der Waals surface area contributed by atoms with Crippen LogP contribution in [-0.4, -0.2) is 11.6 Å². The van der Waals surface area contributed by atoms with Crippen LogP contribution in [0, 0.1) is 23.7 Å². The molecule has 0 radical (unpaired) electrons. The molecule has 0 aromatic carbocycles. The summed E-state index contributed by atoms with van der Waals surface area (Å²) >= 11 is 0. The van der Waals surface area contributed by atoms with E-state index in [0.29, 0.717) is 5.92 Å². The van der Waals surface area contributed by atoms with E-state index >= 15 is 0 Å². The van der Waals surface area contributed by atoms with Crippen molar-refractivity contribution >= 4 is 5.97 Å². The lowest BCUT2D eigenvalue weighted by Crippen LogP contribution is -2.35. The molecule has 0 spiro atoms. The van der Waals surface area contributed by atoms with Gasteiger partial charge in [0.25, 0.3) is 0 Å². The predicted molar refractivity (Wildman–Crippen MR) is 68.5 cm³/mol. The maximum Gasteiger partial charge on any atom is 0.330 e. The minimum atomic E-state index is -0.334. The van der Waals surface area contributed by atoms with Crippen LogP contribution in [0.25, 0.3) is 0 Å². The van der Waals surface area contributed by atoms with Gasteiger partial charge in [-0.15, -0.1) is 0 Å². The minimum absolute atomic E-state index is 0.291. The molecule has 0 saturated heterocycles. The largest absolute Gasteiger partial charge is 0.456 e. The Bertz CT molecular complexity index is 305. The van der Waals surface area contributed by atoms with Crippen LogP contribution >= 0.6 is 0 Å². The van der Waals surface area contributed by atoms with E-state index in [1.165, 1.54) is 31.8 Å². The molecular weight excluding hydrogens is 212 g/mol. The molecule has 0 aromatic rings. The van der Waals surface area contributed by atoms with Gasteiger partial charge >= 0.3 is 5.97 Å². The van der Waals surface area contributed by atoms with Crippen molar-refractivity contribution in [1.82, 2.24) is 0 Å². The first-order chi connectivity index (χ1) is 7.92. The quantitative estimate of drug-likeness (QED) is 0.553. The molecule has 2 unspecified atom stereocenters. The molecule has 0 aromatic heterocycles. The van der Waals surface area contributed by atoms with Gasteiger partial charge in [0.15, 0.2) is 0 Å². The molecule has 2 heteroatoms. The van der Waals surface area contributed by atoms with Crippen molar-refractivity contribution in [2.75, 3.05) is 0 Å². The third kappa shape index (κ3) is 2.56. The van der Waals surface area contributed by atoms with Gasteiger partial charge in [0.05, 0.1) is 0 Å². The molecule has 2 fully saturated rings. The van der Waals surface area contributed by atoms with E-state index in [2.05, 4.69) is 13.5 Å². The molecule has 96 valence electrons. The second-order valence-corrected chi connectivity index (χ2v) is 6.49. The second-order valence-electron chi connectivity index (χ2n) is 6.49. The van der Waals surface area contributed by atoms with Gasteiger partial charge in [-0.3, -0.25) is 0 Å². The molecule has 0 heterocycles. The van der Waals surface area contributed by atoms with E-state index in [0.717, 1.165) is 17.8 Å². The van der Waals surface area contributed by atoms with Crippen molar-refractivity contribution < 1.29 is 9.53 Å². The van der Waals surface area contributed by atoms with E-state index in [4.69, 9.17) is 4.74 Å². The summed E-state index contributed by atoms with van der Waals surface area (Å²) in [4.78, 5) is 11.3. The summed E-state index contributed by atoms with van der Waals surface area (Å²) < 4.78 is 5.51. The molecule has 2 aliphatic carbocycles. The number of carbonyl (C=O) groups is 1. The number of ether oxygens (including phenoxy) is 1. The molecule has 0 aliphatic heterocycles. The Morgan fingerprint density at radius 1 is 1.24 bits per heavy atom. The second kappa shape index (κ2) is 4.47. The van der Waals surface area contributed by atoms with Crippen molar-refractivity contribution in [3.8, 4) is 0 Å². The molecule has 2 aliphatic rings. The first-order valence-electron chi connectivity index (χ1n) is 6.77. The van der Waals surface area contributed by atoms with Crippen LogP contribution in [0.5, 0.6) is 0 Å². The van der Waals surface area contributed by atoms with Crippen LogP contribution in [0.4, 0.5) is 0 Å². The first kappa shape index (κ1) is 12.7. The lowest BCUT2D eigenvalue weighted by molar-refractivity contribution is -0.155. The zero-order valence-corrected chi connectivity index (χ0v) is 11.2. The summed E-state index contributed by atoms with van der Waals surface area (Å²) in [6.07, 6.45) is 6.46. The Kier molecular flexibility index (Phi) is 3.33. The molecule has 17 heavy (non-hydrogen) atoms. The molecule has 0 N–H and O–H groups in total. The minimum Gasteiger partial charge on any atom is -0.456 e. The highest BCUT2D eigenvalue weighted by atomic mass is 16.6. The van der Waals surface area contributed by atoms with Crippen molar-refractivity contribution in [3.05, 3.63) is 12.7 Å². The monoisotopic (exact) mass is 236 g/mol. The van der Waals surface area contributed by atoms with Gasteiger partial charge in [0.1, 0.15) is 5.60 Å². The lowest BCUT2D eigenvalue weighted by atomic mass is 9.86. The Labute approximate surface area is 104 Å². The SMILES string of the molecule is C=CC(=O)OC(C)(C)C1CC2CC(C)CC2C1. The van der Waals surface area contributed by atoms with Crippen molar-refractivity contribution in [2.45, 2.75) is 52.1 Å². The van der Waals surface area contributed by atoms with Crippen LogP contribution in [0.2, 0.25) is 0 Å². The van der Waals surface area contributed by atoms with E-state index in [9.17, 15) is 4.79 Å². The van der Waals surface area contributed by atoms with Gasteiger partial charge in [0, 0.05) is 6.08 Å². The summed E-state index contributed by atoms with van der Waals surface area (Å²) in [7, 11) is 0. The molecular formula is C15H24O2. The van der Waals surface area contributed by atoms with Crippen LogP contribution in [-0.2, 0) is 9.53 Å². The zero-order valence-electron chi connectivity index (χ0n) is 11.2. The van der Waals surface area contributed by atoms with Gasteiger partial charge in [0.2, 0.25) is 0 Å². The van der Waals surface area contributed by atoms with Gasteiger partial charge < -0.3 is 4.74 Å². The summed E-state index contributed by atoms with van der Waals surface area (Å²) in [5, 5.41) is 0. The number of carbonyl (C=O) groups excluding carboxylic acids is 1. The van der Waals surface area contributed by atoms with Gasteiger partial charge in [-0.2, -0.15) is 0 Å². The van der Waals surface area contributed by atoms with Crippen LogP contribution < -0.4 is 0 Å². The topological polar surface area (TPSA) is 26.3 Å². The number of esters is 1. The maximum atomic E-state index is 11.3. The average Bonchev–Trinajstić information content (AvgIpc) is 2.74. The summed E-state index contributed by atoms with van der Waals surface area (Å²) in [5.41, 5.74) is -0.334. The predicted octanol–water partition coefficient (Wildman–Crippen LogP) is 3.57. The molecule has 0 amide bonds. The average molecular weight is 236 g/mol. The van der Waals surface area contributed by atoms with Crippen molar-refractivity contribution in [1.29, 1.82) is 0 Å². The van der Waals surface area contributed by atoms with E-state index in [1.54, 1.807) is 0 Å². The number of hydrogen-bond donors (Lipinski definition) is 0. The molecule has 0 bridgehead atoms. The Morgan fingerprint density at radius 3 is 2.24 bits per heavy atom. The fourth-order valence-electron chi connectivity index (χ4n) is 3.87. The van der Waals surface area contributed by atoms with Gasteiger partial charge in [-0.1, -0.05) is 13.5 Å². The highest BCUT2D eigenvalue weighted by Crippen LogP contribution is 2.52. The number of fused-ring (bicyclic) bond motifs is 1. The van der Waals surface area contributed by atoms with E-state index < -0.39 is 0 Å². The third-order valence-corrected chi connectivity index (χ3v) is 4.76. The normalized spacial score (nSPS) is 36.6. The number of rotatable bonds is 3. The summed E-state index contributed by atoms with van der Waals surface area (Å²) in [5.74, 6) is 2.87. The van der Waals surface area contributed by atoms with Gasteiger partial charge in [-0.05, 0) is 63.2 Å². The molecule has 2 nitrogen and oxygen atoms in total. The van der Waals surface area contributed by atoms with Crippen LogP contribution in [0.15, 0.2) is 12.7 Å². The Hall–Kier alpha value is -0.790. The summed E-state index contributed by atoms with van der Waals surface area (Å²) in [6, 6.07) is 0. The van der Waals surface area contributed by atoms with Crippen molar-refractivity contribution in [3.63, 3.8) is 0 Å². The third-order valence-electron chi connectivity index (χ3n) is 4.76. The summed E-state index contributed by atoms with van der Waals surface area (Å²) in [6.45, 7) is 9.91. The van der Waals surface area contributed by atoms with Crippen molar-refractivity contribution in [2.24, 2.45) is 23.7 Å². The van der Waals surface area contributed by atoms with E-state index in [-0.39, 0.29) is 11.6 Å². The fraction of sp³-hybridized carbons (Fsp3) is 0.800. The lowest BCUT2D eigenvalue weighted by Gasteiger charge is -2.31. The van der Waals surface area contributed by atoms with Gasteiger partial charge in [-0.25, -0.2) is 4.79 Å². The highest BCUT2D eigenvalue weighted by molar-refractivity contribution is 5.81. The maximum absolute atomic E-state index is 11.3. The van der Waals surface area contributed by atoms with Crippen LogP contribution in [0.1, 0.15) is 46.5 Å². The van der Waals surface area contributed by atoms with E-state index in [1.807, 2.05) is 13.8 Å². The molecule has 2 saturated carbocycles. The Morgan fingerprint density at radius 2 is 1.76 bits per heavy atom. The smallest absolute Gasteiger partial charge is 0.330 e. The highest BCUT2D eigenvalue weighted by Gasteiger charge is 2.46.